The molecular formula is C24H20F3N3O5S. The molecule has 0 unspecified atom stereocenters. The summed E-state index contributed by atoms with van der Waals surface area (Å²) >= 11 is 1.23. The highest BCUT2D eigenvalue weighted by molar-refractivity contribution is 7.17. The van der Waals surface area contributed by atoms with Crippen molar-refractivity contribution in [1.29, 1.82) is 0 Å². The van der Waals surface area contributed by atoms with Crippen LogP contribution in [0.1, 0.15) is 56.0 Å². The largest absolute Gasteiger partial charge is 0.507 e. The number of nitrogens with zero attached hydrogens (tertiary/aromatic N) is 1. The molecule has 0 radical (unpaired) electrons. The third kappa shape index (κ3) is 5.33. The second-order valence-electron chi connectivity index (χ2n) is 8.21. The zero-order valence-electron chi connectivity index (χ0n) is 18.6. The Hall–Kier alpha value is -3.93. The number of non-ortho nitro benzene ring substituents is 1. The molecule has 2 amide bonds. The maximum absolute atomic E-state index is 13.3. The number of phenolic OH excluding ortho intramolecular Hbond substituents is 1. The van der Waals surface area contributed by atoms with Crippen molar-refractivity contribution >= 4 is 39.5 Å². The molecule has 1 heterocycles. The number of alkyl halides is 3. The lowest BCUT2D eigenvalue weighted by Crippen LogP contribution is -2.18. The van der Waals surface area contributed by atoms with Gasteiger partial charge in [0.1, 0.15) is 10.8 Å². The number of halogens is 3. The minimum atomic E-state index is -4.51. The molecule has 4 rings (SSSR count). The first-order chi connectivity index (χ1) is 17.0. The van der Waals surface area contributed by atoms with Crippen LogP contribution in [0.3, 0.4) is 0 Å². The molecule has 0 fully saturated rings. The molecule has 0 saturated carbocycles. The summed E-state index contributed by atoms with van der Waals surface area (Å²) < 4.78 is 38.6. The number of benzene rings is 2. The van der Waals surface area contributed by atoms with E-state index in [9.17, 15) is 38.0 Å². The van der Waals surface area contributed by atoms with Crippen molar-refractivity contribution in [1.82, 2.24) is 0 Å². The van der Waals surface area contributed by atoms with Crippen LogP contribution in [-0.4, -0.2) is 21.8 Å². The van der Waals surface area contributed by atoms with Gasteiger partial charge in [0.15, 0.2) is 0 Å². The molecule has 0 bridgehead atoms. The summed E-state index contributed by atoms with van der Waals surface area (Å²) in [6.45, 7) is 0. The summed E-state index contributed by atoms with van der Waals surface area (Å²) in [5.74, 6) is -1.93. The lowest BCUT2D eigenvalue weighted by Gasteiger charge is -2.12. The highest BCUT2D eigenvalue weighted by atomic mass is 32.1. The van der Waals surface area contributed by atoms with E-state index in [1.54, 1.807) is 0 Å². The van der Waals surface area contributed by atoms with Gasteiger partial charge in [-0.3, -0.25) is 19.7 Å². The highest BCUT2D eigenvalue weighted by Gasteiger charge is 2.30. The van der Waals surface area contributed by atoms with Crippen molar-refractivity contribution in [3.8, 4) is 5.75 Å². The molecule has 0 saturated heterocycles. The molecule has 0 aliphatic heterocycles. The van der Waals surface area contributed by atoms with Crippen molar-refractivity contribution < 1.29 is 32.8 Å². The van der Waals surface area contributed by atoms with E-state index in [0.29, 0.717) is 12.8 Å². The van der Waals surface area contributed by atoms with Crippen LogP contribution in [0.25, 0.3) is 0 Å². The van der Waals surface area contributed by atoms with E-state index in [4.69, 9.17) is 0 Å². The summed E-state index contributed by atoms with van der Waals surface area (Å²) in [4.78, 5) is 37.3. The normalized spacial score (nSPS) is 13.4. The summed E-state index contributed by atoms with van der Waals surface area (Å²) in [5.41, 5.74) is -0.300. The molecule has 2 aromatic carbocycles. The van der Waals surface area contributed by atoms with E-state index in [1.807, 2.05) is 0 Å². The fourth-order valence-electron chi connectivity index (χ4n) is 4.00. The molecule has 0 atom stereocenters. The number of anilines is 2. The first kappa shape index (κ1) is 25.2. The Bertz CT molecular complexity index is 1340. The molecule has 1 aromatic heterocycles. The van der Waals surface area contributed by atoms with E-state index in [2.05, 4.69) is 10.6 Å². The maximum Gasteiger partial charge on any atom is 0.416 e. The number of hydrogen-bond donors (Lipinski definition) is 3. The molecule has 8 nitrogen and oxygen atoms in total. The number of nitro benzene ring substituents is 1. The van der Waals surface area contributed by atoms with Crippen molar-refractivity contribution in [2.45, 2.75) is 38.3 Å². The van der Waals surface area contributed by atoms with E-state index in [-0.39, 0.29) is 27.5 Å². The van der Waals surface area contributed by atoms with Crippen LogP contribution in [0.4, 0.5) is 29.5 Å². The number of thiophene rings is 1. The van der Waals surface area contributed by atoms with Gasteiger partial charge < -0.3 is 15.7 Å². The minimum absolute atomic E-state index is 0.159. The number of nitrogens with one attached hydrogen (secondary N) is 2. The van der Waals surface area contributed by atoms with Crippen LogP contribution < -0.4 is 10.6 Å². The Morgan fingerprint density at radius 3 is 2.31 bits per heavy atom. The smallest absolute Gasteiger partial charge is 0.416 e. The average molecular weight is 520 g/mol. The van der Waals surface area contributed by atoms with Gasteiger partial charge in [-0.2, -0.15) is 13.2 Å². The van der Waals surface area contributed by atoms with E-state index < -0.39 is 34.2 Å². The predicted octanol–water partition coefficient (Wildman–Crippen LogP) is 6.15. The Labute approximate surface area is 206 Å². The summed E-state index contributed by atoms with van der Waals surface area (Å²) in [5, 5.41) is 26.5. The van der Waals surface area contributed by atoms with Crippen LogP contribution in [0.2, 0.25) is 0 Å². The number of rotatable bonds is 5. The van der Waals surface area contributed by atoms with Crippen LogP contribution in [0.15, 0.2) is 42.5 Å². The maximum atomic E-state index is 13.3. The van der Waals surface area contributed by atoms with Crippen molar-refractivity contribution in [3.05, 3.63) is 79.7 Å². The standard InChI is InChI=1S/C24H20F3N3O5S/c25-24(26,27)13-6-8-14(9-7-13)28-22(33)20-17-4-2-1-3-5-19(17)36-23(20)29-21(32)16-11-10-15(30(34)35)12-18(16)31/h6-12,31H,1-5H2,(H,28,33)(H,29,32). The lowest BCUT2D eigenvalue weighted by molar-refractivity contribution is -0.384. The third-order valence-electron chi connectivity index (χ3n) is 5.78. The van der Waals surface area contributed by atoms with Gasteiger partial charge in [-0.1, -0.05) is 6.42 Å². The van der Waals surface area contributed by atoms with Gasteiger partial charge in [0.2, 0.25) is 0 Å². The van der Waals surface area contributed by atoms with E-state index in [1.165, 1.54) is 11.3 Å². The lowest BCUT2D eigenvalue weighted by atomic mass is 10.0. The molecule has 0 spiro atoms. The fourth-order valence-corrected chi connectivity index (χ4v) is 5.28. The molecule has 1 aliphatic rings. The van der Waals surface area contributed by atoms with Crippen LogP contribution in [0, 0.1) is 10.1 Å². The number of carbonyl (C=O) groups excluding carboxylic acids is 2. The second-order valence-corrected chi connectivity index (χ2v) is 9.32. The highest BCUT2D eigenvalue weighted by Crippen LogP contribution is 2.39. The fraction of sp³-hybridized carbons (Fsp3) is 0.250. The van der Waals surface area contributed by atoms with E-state index in [0.717, 1.165) is 72.2 Å². The number of fused-ring (bicyclic) bond motifs is 1. The van der Waals surface area contributed by atoms with Crippen LogP contribution in [0.5, 0.6) is 5.75 Å². The van der Waals surface area contributed by atoms with E-state index >= 15 is 0 Å². The van der Waals surface area contributed by atoms with Crippen LogP contribution in [-0.2, 0) is 19.0 Å². The third-order valence-corrected chi connectivity index (χ3v) is 6.99. The Morgan fingerprint density at radius 1 is 0.972 bits per heavy atom. The molecule has 3 N–H and O–H groups in total. The number of amides is 2. The number of hydrogen-bond acceptors (Lipinski definition) is 6. The minimum Gasteiger partial charge on any atom is -0.507 e. The van der Waals surface area contributed by atoms with Gasteiger partial charge in [0, 0.05) is 16.6 Å². The monoisotopic (exact) mass is 519 g/mol. The first-order valence-electron chi connectivity index (χ1n) is 11.0. The first-order valence-corrected chi connectivity index (χ1v) is 11.8. The predicted molar refractivity (Wildman–Crippen MR) is 128 cm³/mol. The molecular weight excluding hydrogens is 499 g/mol. The zero-order valence-corrected chi connectivity index (χ0v) is 19.5. The van der Waals surface area contributed by atoms with Gasteiger partial charge in [-0.05, 0) is 61.6 Å². The molecule has 188 valence electrons. The van der Waals surface area contributed by atoms with Crippen molar-refractivity contribution in [2.24, 2.45) is 0 Å². The zero-order chi connectivity index (χ0) is 26.0. The molecule has 36 heavy (non-hydrogen) atoms. The quantitative estimate of drug-likeness (QED) is 0.212. The van der Waals surface area contributed by atoms with Gasteiger partial charge >= 0.3 is 6.18 Å². The molecule has 1 aliphatic carbocycles. The Balaban J connectivity index is 1.64. The summed E-state index contributed by atoms with van der Waals surface area (Å²) in [6, 6.07) is 7.09. The van der Waals surface area contributed by atoms with Gasteiger partial charge in [0.05, 0.1) is 27.7 Å². The van der Waals surface area contributed by atoms with Gasteiger partial charge in [0.25, 0.3) is 17.5 Å². The second kappa shape index (κ2) is 9.97. The Morgan fingerprint density at radius 2 is 1.67 bits per heavy atom. The SMILES string of the molecule is O=C(Nc1sc2c(c1C(=O)Nc1ccc(C(F)(F)F)cc1)CCCCC2)c1ccc([N+](=O)[O-])cc1O. The summed E-state index contributed by atoms with van der Waals surface area (Å²) in [6.07, 6.45) is -0.488. The van der Waals surface area contributed by atoms with Crippen molar-refractivity contribution in [2.75, 3.05) is 10.6 Å². The molecule has 3 aromatic rings. The number of aromatic hydroxyl groups is 1. The summed E-state index contributed by atoms with van der Waals surface area (Å²) in [7, 11) is 0. The Kier molecular flexibility index (Phi) is 6.97. The number of phenols is 1. The number of carbonyl (C=O) groups is 2. The van der Waals surface area contributed by atoms with Gasteiger partial charge in [-0.25, -0.2) is 0 Å². The van der Waals surface area contributed by atoms with Gasteiger partial charge in [-0.15, -0.1) is 11.3 Å². The average Bonchev–Trinajstić information content (AvgIpc) is 2.98. The number of nitro groups is 1. The number of aryl methyl sites for hydroxylation is 1. The van der Waals surface area contributed by atoms with Crippen LogP contribution >= 0.6 is 11.3 Å². The molecule has 12 heteroatoms. The topological polar surface area (TPSA) is 122 Å². The van der Waals surface area contributed by atoms with Crippen molar-refractivity contribution in [3.63, 3.8) is 0 Å².